The number of fused-ring (bicyclic) bond motifs is 5. The summed E-state index contributed by atoms with van der Waals surface area (Å²) in [6.07, 6.45) is 6.84. The molecule has 0 saturated heterocycles. The van der Waals surface area contributed by atoms with E-state index < -0.39 is 20.8 Å². The second-order valence-electron chi connectivity index (χ2n) is 19.7. The Morgan fingerprint density at radius 2 is 0.926 bits per heavy atom. The molecule has 0 amide bonds. The van der Waals surface area contributed by atoms with Gasteiger partial charge in [-0.25, -0.2) is 0 Å². The van der Waals surface area contributed by atoms with Crippen molar-refractivity contribution in [1.82, 2.24) is 0 Å². The summed E-state index contributed by atoms with van der Waals surface area (Å²) in [5.41, 5.74) is 20.2. The summed E-state index contributed by atoms with van der Waals surface area (Å²) in [5, 5.41) is 8.46. The van der Waals surface area contributed by atoms with E-state index in [-0.39, 0.29) is 0 Å². The first-order valence-electron chi connectivity index (χ1n) is 25.3. The van der Waals surface area contributed by atoms with Crippen molar-refractivity contribution in [1.29, 1.82) is 0 Å². The third-order valence-electron chi connectivity index (χ3n) is 13.5. The summed E-state index contributed by atoms with van der Waals surface area (Å²) in [7, 11) is 10.7. The van der Waals surface area contributed by atoms with E-state index in [1.807, 2.05) is 6.07 Å². The summed E-state index contributed by atoms with van der Waals surface area (Å²) in [5.74, 6) is 2.19. The maximum absolute atomic E-state index is 4.93. The molecule has 1 heterocycles. The molecule has 9 rings (SSSR count). The van der Waals surface area contributed by atoms with Gasteiger partial charge in [0.15, 0.2) is 0 Å². The Balaban J connectivity index is 0.000000171. The molecule has 354 valence electrons. The smallest absolute Gasteiger partial charge is 0.0920 e. The van der Waals surface area contributed by atoms with Crippen LogP contribution in [0.4, 0.5) is 0 Å². The zero-order chi connectivity index (χ0) is 49.1. The zero-order valence-electron chi connectivity index (χ0n) is 42.9. The van der Waals surface area contributed by atoms with Crippen molar-refractivity contribution in [3.05, 3.63) is 178 Å². The Bertz CT molecular complexity index is 2640. The van der Waals surface area contributed by atoms with Gasteiger partial charge in [-0.1, -0.05) is 190 Å². The van der Waals surface area contributed by atoms with Crippen LogP contribution in [0.15, 0.2) is 127 Å². The van der Waals surface area contributed by atoms with E-state index in [0.717, 1.165) is 35.2 Å². The molecule has 0 atom stereocenters. The van der Waals surface area contributed by atoms with Crippen molar-refractivity contribution >= 4 is 58.5 Å². The van der Waals surface area contributed by atoms with Crippen molar-refractivity contribution in [2.24, 2.45) is 0 Å². The van der Waals surface area contributed by atoms with E-state index >= 15 is 0 Å². The molecule has 0 nitrogen and oxygen atoms in total. The molecule has 1 aliphatic rings. The molecule has 8 aromatic rings. The summed E-state index contributed by atoms with van der Waals surface area (Å²) >= 11 is -0.826. The molecule has 0 saturated carbocycles. The molecular formula is C64H73Cl2SiZr-3. The molecule has 0 aromatic heterocycles. The summed E-state index contributed by atoms with van der Waals surface area (Å²) in [6.45, 7) is 27.5. The third kappa shape index (κ3) is 12.9. The van der Waals surface area contributed by atoms with E-state index in [9.17, 15) is 0 Å². The molecule has 68 heavy (non-hydrogen) atoms. The average Bonchev–Trinajstić information content (AvgIpc) is 4.07. The predicted molar refractivity (Wildman–Crippen MR) is 300 cm³/mol. The Kier molecular flexibility index (Phi) is 20.0. The largest absolute Gasteiger partial charge is 0.184 e. The van der Waals surface area contributed by atoms with Gasteiger partial charge in [0, 0.05) is 0 Å². The van der Waals surface area contributed by atoms with Gasteiger partial charge in [0.05, 0.1) is 9.52 Å². The van der Waals surface area contributed by atoms with Crippen LogP contribution >= 0.6 is 17.0 Å². The second kappa shape index (κ2) is 25.4. The van der Waals surface area contributed by atoms with Crippen molar-refractivity contribution < 1.29 is 20.8 Å². The van der Waals surface area contributed by atoms with Gasteiger partial charge in [-0.15, -0.1) is 74.6 Å². The topological polar surface area (TPSA) is 0 Å². The number of halogens is 2. The van der Waals surface area contributed by atoms with Gasteiger partial charge < -0.3 is 0 Å². The fraction of sp³-hybridized carbons (Fsp3) is 0.344. The Morgan fingerprint density at radius 1 is 0.515 bits per heavy atom. The first-order chi connectivity index (χ1) is 32.7. The fourth-order valence-corrected chi connectivity index (χ4v) is 10.8. The maximum atomic E-state index is 4.93. The molecule has 0 unspecified atom stereocenters. The number of aryl methyl sites for hydroxylation is 4. The molecule has 8 aromatic carbocycles. The van der Waals surface area contributed by atoms with Crippen LogP contribution in [-0.2, 0) is 46.5 Å². The summed E-state index contributed by atoms with van der Waals surface area (Å²) in [6, 6.07) is 51.6. The van der Waals surface area contributed by atoms with Crippen molar-refractivity contribution in [2.75, 3.05) is 0 Å². The molecule has 0 N–H and O–H groups in total. The molecule has 0 bridgehead atoms. The number of hydrogen-bond acceptors (Lipinski definition) is 0. The van der Waals surface area contributed by atoms with Gasteiger partial charge in [0.2, 0.25) is 0 Å². The van der Waals surface area contributed by atoms with Gasteiger partial charge in [0.25, 0.3) is 0 Å². The van der Waals surface area contributed by atoms with Crippen LogP contribution in [-0.4, -0.2) is 9.52 Å². The van der Waals surface area contributed by atoms with Crippen LogP contribution in [0.1, 0.15) is 164 Å². The normalized spacial score (nSPS) is 11.6. The van der Waals surface area contributed by atoms with Crippen LogP contribution in [0.2, 0.25) is 0 Å². The number of hydrogen-bond donors (Lipinski definition) is 0. The van der Waals surface area contributed by atoms with E-state index in [0.29, 0.717) is 23.7 Å². The van der Waals surface area contributed by atoms with Crippen molar-refractivity contribution in [3.63, 3.8) is 0 Å². The first-order valence-corrected chi connectivity index (χ1v) is 32.6. The molecular weight excluding hydrogens is 959 g/mol. The van der Waals surface area contributed by atoms with Gasteiger partial charge in [-0.2, -0.15) is 41.6 Å². The number of benzene rings is 6. The SMILES string of the molecule is CCCc1ccc2[cH-]c(CC)cc2c1-c1cc(C(C)C)cc(C(C)C)c1.CCCc1ccc2[cH-]c(CC)cc2c1-c1cc(C(C)C)cc(C(C)C)c1.[Cl][Zr][Cl].[c-]1cccc2c1[Si]c1ccccc1-2. The van der Waals surface area contributed by atoms with E-state index in [4.69, 9.17) is 17.0 Å². The quantitative estimate of drug-likeness (QED) is 0.0845. The molecule has 0 spiro atoms. The van der Waals surface area contributed by atoms with E-state index in [2.05, 4.69) is 210 Å². The van der Waals surface area contributed by atoms with Crippen LogP contribution in [0.25, 0.3) is 54.9 Å². The van der Waals surface area contributed by atoms with Gasteiger partial charge in [0.1, 0.15) is 0 Å². The Labute approximate surface area is 432 Å². The molecule has 0 fully saturated rings. The minimum absolute atomic E-state index is 0.548. The predicted octanol–water partition coefficient (Wildman–Crippen LogP) is 18.5. The van der Waals surface area contributed by atoms with Crippen LogP contribution in [0.5, 0.6) is 0 Å². The van der Waals surface area contributed by atoms with Gasteiger partial charge >= 0.3 is 37.9 Å². The molecule has 0 aliphatic carbocycles. The maximum Gasteiger partial charge on any atom is 0.0920 e. The third-order valence-corrected chi connectivity index (χ3v) is 14.8. The minimum atomic E-state index is -0.826. The van der Waals surface area contributed by atoms with Gasteiger partial charge in [-0.3, -0.25) is 0 Å². The van der Waals surface area contributed by atoms with Crippen LogP contribution in [0, 0.1) is 6.07 Å². The van der Waals surface area contributed by atoms with Crippen LogP contribution < -0.4 is 10.4 Å². The Morgan fingerprint density at radius 3 is 1.32 bits per heavy atom. The first kappa shape index (κ1) is 53.6. The molecule has 4 heteroatoms. The fourth-order valence-electron chi connectivity index (χ4n) is 9.52. The number of rotatable bonds is 12. The summed E-state index contributed by atoms with van der Waals surface area (Å²) in [4.78, 5) is 0. The summed E-state index contributed by atoms with van der Waals surface area (Å²) < 4.78 is 0. The van der Waals surface area contributed by atoms with Gasteiger partial charge in [-0.05, 0) is 82.7 Å². The molecule has 1 aliphatic heterocycles. The average molecular weight is 1030 g/mol. The molecule has 2 radical (unpaired) electrons. The van der Waals surface area contributed by atoms with E-state index in [1.54, 1.807) is 0 Å². The monoisotopic (exact) mass is 1030 g/mol. The Hall–Kier alpha value is -3.78. The zero-order valence-corrected chi connectivity index (χ0v) is 47.9. The van der Waals surface area contributed by atoms with Crippen molar-refractivity contribution in [2.45, 2.75) is 145 Å². The second-order valence-corrected chi connectivity index (χ2v) is 24.8. The van der Waals surface area contributed by atoms with E-state index in [1.165, 1.54) is 123 Å². The van der Waals surface area contributed by atoms with Crippen LogP contribution in [0.3, 0.4) is 0 Å². The minimum Gasteiger partial charge on any atom is -0.184 e. The van der Waals surface area contributed by atoms with Crippen molar-refractivity contribution in [3.8, 4) is 33.4 Å². The standard InChI is InChI=1S/2C26H33.C12H7Si.2ClH.Zr/c2*1-7-9-20-10-11-21-12-19(8-2)13-25(21)26(20)24-15-22(17(3)4)14-23(16-24)18(5)6;1-3-7-11-9(5-1)10-6-2-4-8-12(10)13-11;;;/h2*10-18H,7-9H2,1-6H3;1-7H;2*1H;/q3*-1;;;+2/p-2.